The zero-order valence-electron chi connectivity index (χ0n) is 19.7. The van der Waals surface area contributed by atoms with E-state index < -0.39 is 11.7 Å². The minimum absolute atomic E-state index is 0.0272. The summed E-state index contributed by atoms with van der Waals surface area (Å²) in [5.74, 6) is 1.40. The molecule has 1 fully saturated rings. The molecule has 5 nitrogen and oxygen atoms in total. The lowest BCUT2D eigenvalue weighted by Crippen LogP contribution is -2.46. The van der Waals surface area contributed by atoms with Gasteiger partial charge in [-0.25, -0.2) is 0 Å². The predicted molar refractivity (Wildman–Crippen MR) is 134 cm³/mol. The summed E-state index contributed by atoms with van der Waals surface area (Å²) in [6, 6.07) is 11.4. The van der Waals surface area contributed by atoms with E-state index in [1.807, 2.05) is 29.2 Å². The summed E-state index contributed by atoms with van der Waals surface area (Å²) in [6.45, 7) is 4.57. The second kappa shape index (κ2) is 11.4. The highest BCUT2D eigenvalue weighted by atomic mass is 32.2. The molecule has 4 rings (SSSR count). The quantitative estimate of drug-likeness (QED) is 0.516. The van der Waals surface area contributed by atoms with Crippen molar-refractivity contribution in [2.24, 2.45) is 0 Å². The van der Waals surface area contributed by atoms with Crippen LogP contribution in [-0.4, -0.2) is 62.9 Å². The number of ether oxygens (including phenoxy) is 1. The average Bonchev–Trinajstić information content (AvgIpc) is 2.87. The molecule has 0 saturated carbocycles. The topological polar surface area (TPSA) is 44.8 Å². The molecule has 2 heterocycles. The molecule has 0 aromatic heterocycles. The van der Waals surface area contributed by atoms with Gasteiger partial charge in [-0.3, -0.25) is 9.69 Å². The van der Waals surface area contributed by atoms with Gasteiger partial charge in [-0.15, -0.1) is 11.8 Å². The Morgan fingerprint density at radius 2 is 1.89 bits per heavy atom. The predicted octanol–water partition coefficient (Wildman–Crippen LogP) is 4.92. The van der Waals surface area contributed by atoms with E-state index in [9.17, 15) is 18.0 Å². The van der Waals surface area contributed by atoms with Crippen molar-refractivity contribution in [3.05, 3.63) is 59.2 Å². The number of benzene rings is 2. The third kappa shape index (κ3) is 6.73. The van der Waals surface area contributed by atoms with Gasteiger partial charge >= 0.3 is 6.18 Å². The second-order valence-electron chi connectivity index (χ2n) is 8.70. The number of fused-ring (bicyclic) bond motifs is 1. The Bertz CT molecular complexity index is 1070. The largest absolute Gasteiger partial charge is 0.497 e. The molecule has 9 heteroatoms. The fourth-order valence-corrected chi connectivity index (χ4v) is 5.27. The minimum Gasteiger partial charge on any atom is -0.497 e. The first-order chi connectivity index (χ1) is 16.8. The van der Waals surface area contributed by atoms with E-state index in [1.54, 1.807) is 24.9 Å². The second-order valence-corrected chi connectivity index (χ2v) is 9.72. The number of hydrogen-bond donors (Lipinski definition) is 1. The maximum Gasteiger partial charge on any atom is 0.416 e. The van der Waals surface area contributed by atoms with Crippen LogP contribution in [0.4, 0.5) is 18.9 Å². The Morgan fingerprint density at radius 3 is 2.63 bits per heavy atom. The Kier molecular flexibility index (Phi) is 8.28. The van der Waals surface area contributed by atoms with E-state index in [-0.39, 0.29) is 5.91 Å². The van der Waals surface area contributed by atoms with Gasteiger partial charge in [0.25, 0.3) is 0 Å². The smallest absolute Gasteiger partial charge is 0.416 e. The zero-order chi connectivity index (χ0) is 24.8. The fourth-order valence-electron chi connectivity index (χ4n) is 4.30. The number of nitrogens with zero attached hydrogens (tertiary/aromatic N) is 2. The molecule has 2 aromatic rings. The van der Waals surface area contributed by atoms with Crippen LogP contribution < -0.4 is 15.0 Å². The summed E-state index contributed by atoms with van der Waals surface area (Å²) in [4.78, 5) is 18.1. The van der Waals surface area contributed by atoms with Crippen molar-refractivity contribution >= 4 is 29.4 Å². The molecule has 1 amide bonds. The Morgan fingerprint density at radius 1 is 1.09 bits per heavy atom. The van der Waals surface area contributed by atoms with Crippen molar-refractivity contribution in [3.63, 3.8) is 0 Å². The normalized spacial score (nSPS) is 16.5. The van der Waals surface area contributed by atoms with E-state index in [0.717, 1.165) is 60.3 Å². The van der Waals surface area contributed by atoms with Gasteiger partial charge < -0.3 is 15.0 Å². The third-order valence-corrected chi connectivity index (χ3v) is 7.46. The van der Waals surface area contributed by atoms with E-state index in [2.05, 4.69) is 10.2 Å². The van der Waals surface area contributed by atoms with Gasteiger partial charge in [0.15, 0.2) is 0 Å². The molecule has 1 saturated heterocycles. The van der Waals surface area contributed by atoms with E-state index in [0.29, 0.717) is 31.1 Å². The Hall–Kier alpha value is -2.65. The molecule has 0 radical (unpaired) electrons. The highest BCUT2D eigenvalue weighted by Gasteiger charge is 2.31. The summed E-state index contributed by atoms with van der Waals surface area (Å²) in [5, 5.41) is 3.03. The highest BCUT2D eigenvalue weighted by Crippen LogP contribution is 2.34. The molecule has 0 unspecified atom stereocenters. The monoisotopic (exact) mass is 505 g/mol. The summed E-state index contributed by atoms with van der Waals surface area (Å²) >= 11 is 1.66. The molecule has 0 atom stereocenters. The standard InChI is InChI=1S/C26H30F3N3O2S/c1-34-23-7-8-24-19(16-23)15-20(18-35-24)25(33)30-9-2-3-10-31-11-13-32(14-12-31)22-6-4-5-21(17-22)26(27,28)29/h4-8,15-17H,2-3,9-14,18H2,1H3,(H,30,33). The van der Waals surface area contributed by atoms with Gasteiger partial charge in [0.05, 0.1) is 12.7 Å². The minimum atomic E-state index is -4.32. The first-order valence-electron chi connectivity index (χ1n) is 11.8. The van der Waals surface area contributed by atoms with Crippen LogP contribution in [0, 0.1) is 0 Å². The van der Waals surface area contributed by atoms with Crippen molar-refractivity contribution in [1.82, 2.24) is 10.2 Å². The van der Waals surface area contributed by atoms with Gasteiger partial charge in [0.2, 0.25) is 5.91 Å². The molecule has 35 heavy (non-hydrogen) atoms. The molecule has 1 N–H and O–H groups in total. The number of rotatable bonds is 8. The molecule has 2 aromatic carbocycles. The van der Waals surface area contributed by atoms with Gasteiger partial charge in [0, 0.05) is 54.6 Å². The molecule has 2 aliphatic rings. The van der Waals surface area contributed by atoms with Crippen LogP contribution in [0.25, 0.3) is 6.08 Å². The van der Waals surface area contributed by atoms with E-state index in [4.69, 9.17) is 4.74 Å². The van der Waals surface area contributed by atoms with Gasteiger partial charge in [-0.1, -0.05) is 6.07 Å². The summed E-state index contributed by atoms with van der Waals surface area (Å²) in [7, 11) is 1.63. The van der Waals surface area contributed by atoms with Crippen LogP contribution in [0.1, 0.15) is 24.0 Å². The number of hydrogen-bond acceptors (Lipinski definition) is 5. The van der Waals surface area contributed by atoms with Crippen LogP contribution in [0.3, 0.4) is 0 Å². The first-order valence-corrected chi connectivity index (χ1v) is 12.8. The summed E-state index contributed by atoms with van der Waals surface area (Å²) < 4.78 is 44.2. The number of methoxy groups -OCH3 is 1. The number of thioether (sulfide) groups is 1. The van der Waals surface area contributed by atoms with Crippen LogP contribution in [0.2, 0.25) is 0 Å². The van der Waals surface area contributed by atoms with Crippen molar-refractivity contribution in [2.75, 3.05) is 57.0 Å². The fraction of sp³-hybridized carbons (Fsp3) is 0.423. The van der Waals surface area contributed by atoms with Crippen LogP contribution >= 0.6 is 11.8 Å². The van der Waals surface area contributed by atoms with E-state index in [1.165, 1.54) is 12.1 Å². The summed E-state index contributed by atoms with van der Waals surface area (Å²) in [6.07, 6.45) is -0.548. The number of anilines is 1. The first kappa shape index (κ1) is 25.4. The lowest BCUT2D eigenvalue weighted by molar-refractivity contribution is -0.137. The molecular weight excluding hydrogens is 475 g/mol. The van der Waals surface area contributed by atoms with Gasteiger partial charge in [0.1, 0.15) is 5.75 Å². The number of amides is 1. The maximum absolute atomic E-state index is 13.0. The number of carbonyl (C=O) groups is 1. The Balaban J connectivity index is 1.16. The number of halogens is 3. The number of carbonyl (C=O) groups excluding carboxylic acids is 1. The van der Waals surface area contributed by atoms with Gasteiger partial charge in [-0.2, -0.15) is 13.2 Å². The molecule has 0 bridgehead atoms. The molecule has 188 valence electrons. The van der Waals surface area contributed by atoms with Crippen LogP contribution in [0.15, 0.2) is 52.9 Å². The van der Waals surface area contributed by atoms with Crippen molar-refractivity contribution in [2.45, 2.75) is 23.9 Å². The number of unbranched alkanes of at least 4 members (excludes halogenated alkanes) is 1. The highest BCUT2D eigenvalue weighted by molar-refractivity contribution is 7.99. The SMILES string of the molecule is COc1ccc2c(c1)C=C(C(=O)NCCCCN1CCN(c3cccc(C(F)(F)F)c3)CC1)CS2. The van der Waals surface area contributed by atoms with Crippen molar-refractivity contribution in [3.8, 4) is 5.75 Å². The molecule has 0 aliphatic carbocycles. The Labute approximate surface area is 208 Å². The van der Waals surface area contributed by atoms with E-state index >= 15 is 0 Å². The molecule has 0 spiro atoms. The zero-order valence-corrected chi connectivity index (χ0v) is 20.6. The number of piperazine rings is 1. The lowest BCUT2D eigenvalue weighted by Gasteiger charge is -2.36. The maximum atomic E-state index is 13.0. The van der Waals surface area contributed by atoms with Crippen LogP contribution in [0.5, 0.6) is 5.75 Å². The van der Waals surface area contributed by atoms with Crippen molar-refractivity contribution in [1.29, 1.82) is 0 Å². The molecule has 2 aliphatic heterocycles. The third-order valence-electron chi connectivity index (χ3n) is 6.32. The number of nitrogens with one attached hydrogen (secondary N) is 1. The lowest BCUT2D eigenvalue weighted by atomic mass is 10.1. The van der Waals surface area contributed by atoms with Gasteiger partial charge in [-0.05, 0) is 67.4 Å². The van der Waals surface area contributed by atoms with Crippen molar-refractivity contribution < 1.29 is 22.7 Å². The molecular formula is C26H30F3N3O2S. The number of alkyl halides is 3. The average molecular weight is 506 g/mol. The summed E-state index contributed by atoms with van der Waals surface area (Å²) in [5.41, 5.74) is 1.79. The van der Waals surface area contributed by atoms with Crippen LogP contribution in [-0.2, 0) is 11.0 Å².